The van der Waals surface area contributed by atoms with E-state index < -0.39 is 5.91 Å². The fourth-order valence-corrected chi connectivity index (χ4v) is 4.18. The normalized spacial score (nSPS) is 13.6. The van der Waals surface area contributed by atoms with E-state index in [-0.39, 0.29) is 24.0 Å². The number of aromatic nitrogens is 1. The van der Waals surface area contributed by atoms with Gasteiger partial charge in [0.2, 0.25) is 11.8 Å². The Morgan fingerprint density at radius 3 is 2.36 bits per heavy atom. The number of nitrogens with two attached hydrogens (primary N) is 1. The van der Waals surface area contributed by atoms with Crippen LogP contribution in [0, 0.1) is 0 Å². The molecule has 2 aromatic carbocycles. The van der Waals surface area contributed by atoms with Crippen LogP contribution in [0.4, 0.5) is 11.5 Å². The minimum Gasteiger partial charge on any atom is -0.451 e. The highest BCUT2D eigenvalue weighted by Crippen LogP contribution is 2.20. The van der Waals surface area contributed by atoms with Gasteiger partial charge in [0.25, 0.3) is 5.91 Å². The molecule has 1 saturated heterocycles. The number of carbonyl (C=O) groups is 3. The second-order valence-corrected chi connectivity index (χ2v) is 8.61. The third kappa shape index (κ3) is 5.05. The summed E-state index contributed by atoms with van der Waals surface area (Å²) in [4.78, 5) is 44.8. The number of benzene rings is 2. The van der Waals surface area contributed by atoms with Crippen LogP contribution in [-0.4, -0.2) is 53.8 Å². The van der Waals surface area contributed by atoms with Crippen molar-refractivity contribution in [1.82, 2.24) is 9.88 Å². The Labute approximate surface area is 207 Å². The second-order valence-electron chi connectivity index (χ2n) is 8.61. The molecule has 0 bridgehead atoms. The molecule has 182 valence electrons. The molecule has 1 fully saturated rings. The number of pyridine rings is 1. The van der Waals surface area contributed by atoms with Gasteiger partial charge in [0.15, 0.2) is 5.76 Å². The number of nitrogens with one attached hydrogen (secondary N) is 1. The van der Waals surface area contributed by atoms with Gasteiger partial charge < -0.3 is 25.3 Å². The van der Waals surface area contributed by atoms with Gasteiger partial charge in [0.05, 0.1) is 12.0 Å². The van der Waals surface area contributed by atoms with Crippen LogP contribution in [0.3, 0.4) is 0 Å². The number of hydrogen-bond acceptors (Lipinski definition) is 6. The van der Waals surface area contributed by atoms with Gasteiger partial charge in [-0.3, -0.25) is 14.4 Å². The average Bonchev–Trinajstić information content (AvgIpc) is 3.35. The molecule has 1 aliphatic heterocycles. The highest BCUT2D eigenvalue weighted by atomic mass is 16.3. The van der Waals surface area contributed by atoms with E-state index >= 15 is 0 Å². The average molecular weight is 484 g/mol. The van der Waals surface area contributed by atoms with Crippen molar-refractivity contribution in [3.8, 4) is 0 Å². The minimum absolute atomic E-state index is 0.0470. The van der Waals surface area contributed by atoms with E-state index in [1.54, 1.807) is 30.3 Å². The maximum Gasteiger partial charge on any atom is 0.291 e. The summed E-state index contributed by atoms with van der Waals surface area (Å²) in [6.45, 7) is 2.48. The van der Waals surface area contributed by atoms with Gasteiger partial charge in [-0.05, 0) is 42.0 Å². The minimum atomic E-state index is -0.508. The fraction of sp³-hybridized carbons (Fsp3) is 0.185. The largest absolute Gasteiger partial charge is 0.451 e. The van der Waals surface area contributed by atoms with Crippen molar-refractivity contribution in [2.75, 3.05) is 36.4 Å². The molecule has 0 saturated carbocycles. The summed E-state index contributed by atoms with van der Waals surface area (Å²) in [6.07, 6.45) is 1.75. The van der Waals surface area contributed by atoms with Crippen LogP contribution < -0.4 is 16.0 Å². The number of anilines is 2. The van der Waals surface area contributed by atoms with E-state index in [4.69, 9.17) is 10.2 Å². The zero-order valence-electron chi connectivity index (χ0n) is 19.5. The van der Waals surface area contributed by atoms with Crippen LogP contribution in [-0.2, 0) is 11.2 Å². The SMILES string of the molecule is NC(=O)c1ccc(N2CCN(C(=O)Cc3ccc(NC(=O)c4cc5ccccc5o4)cc3)CC2)nc1. The molecule has 0 spiro atoms. The standard InChI is InChI=1S/C27H25N5O4/c28-26(34)20-7-10-24(29-17-20)31-11-13-32(14-12-31)25(33)15-18-5-8-21(9-6-18)30-27(35)23-16-19-3-1-2-4-22(19)36-23/h1-10,16-17H,11-15H2,(H2,28,34)(H,30,35). The van der Waals surface area contributed by atoms with Gasteiger partial charge >= 0.3 is 0 Å². The number of piperazine rings is 1. The van der Waals surface area contributed by atoms with Crippen LogP contribution in [0.25, 0.3) is 11.0 Å². The van der Waals surface area contributed by atoms with Gasteiger partial charge in [-0.1, -0.05) is 30.3 Å². The van der Waals surface area contributed by atoms with Crippen LogP contribution in [0.15, 0.2) is 77.3 Å². The number of carbonyl (C=O) groups excluding carboxylic acids is 3. The second kappa shape index (κ2) is 9.91. The predicted octanol–water partition coefficient (Wildman–Crippen LogP) is 3.07. The van der Waals surface area contributed by atoms with Crippen molar-refractivity contribution < 1.29 is 18.8 Å². The van der Waals surface area contributed by atoms with E-state index in [2.05, 4.69) is 15.2 Å². The topological polar surface area (TPSA) is 122 Å². The fourth-order valence-electron chi connectivity index (χ4n) is 4.18. The molecular formula is C27H25N5O4. The van der Waals surface area contributed by atoms with Crippen LogP contribution >= 0.6 is 0 Å². The number of nitrogens with zero attached hydrogens (tertiary/aromatic N) is 3. The zero-order valence-corrected chi connectivity index (χ0v) is 19.5. The number of amides is 3. The maximum absolute atomic E-state index is 12.8. The van der Waals surface area contributed by atoms with E-state index in [1.807, 2.05) is 41.3 Å². The Morgan fingerprint density at radius 1 is 0.944 bits per heavy atom. The van der Waals surface area contributed by atoms with Crippen LogP contribution in [0.2, 0.25) is 0 Å². The molecule has 0 unspecified atom stereocenters. The van der Waals surface area contributed by atoms with Gasteiger partial charge in [-0.25, -0.2) is 4.98 Å². The first-order chi connectivity index (χ1) is 17.5. The van der Waals surface area contributed by atoms with Crippen LogP contribution in [0.5, 0.6) is 0 Å². The lowest BCUT2D eigenvalue weighted by Crippen LogP contribution is -2.49. The molecule has 1 aliphatic rings. The monoisotopic (exact) mass is 483 g/mol. The smallest absolute Gasteiger partial charge is 0.291 e. The first-order valence-electron chi connectivity index (χ1n) is 11.6. The van der Waals surface area contributed by atoms with Crippen molar-refractivity contribution >= 4 is 40.2 Å². The number of para-hydroxylation sites is 1. The Bertz CT molecular complexity index is 1370. The lowest BCUT2D eigenvalue weighted by atomic mass is 10.1. The number of fused-ring (bicyclic) bond motifs is 1. The van der Waals surface area contributed by atoms with E-state index in [1.165, 1.54) is 6.20 Å². The van der Waals surface area contributed by atoms with Crippen molar-refractivity contribution in [1.29, 1.82) is 0 Å². The highest BCUT2D eigenvalue weighted by molar-refractivity contribution is 6.04. The summed E-state index contributed by atoms with van der Waals surface area (Å²) in [5.74, 6) is 0.212. The number of rotatable bonds is 6. The molecule has 0 aliphatic carbocycles. The quantitative estimate of drug-likeness (QED) is 0.435. The Morgan fingerprint density at radius 2 is 1.69 bits per heavy atom. The molecule has 0 atom stereocenters. The molecule has 36 heavy (non-hydrogen) atoms. The summed E-state index contributed by atoms with van der Waals surface area (Å²) in [7, 11) is 0. The van der Waals surface area contributed by atoms with E-state index in [0.717, 1.165) is 16.8 Å². The molecule has 0 radical (unpaired) electrons. The molecular weight excluding hydrogens is 458 g/mol. The maximum atomic E-state index is 12.8. The van der Waals surface area contributed by atoms with Crippen molar-refractivity contribution in [2.24, 2.45) is 5.73 Å². The summed E-state index contributed by atoms with van der Waals surface area (Å²) >= 11 is 0. The van der Waals surface area contributed by atoms with Crippen molar-refractivity contribution in [3.63, 3.8) is 0 Å². The van der Waals surface area contributed by atoms with Gasteiger partial charge in [-0.15, -0.1) is 0 Å². The lowest BCUT2D eigenvalue weighted by molar-refractivity contribution is -0.130. The third-order valence-corrected chi connectivity index (χ3v) is 6.21. The first-order valence-corrected chi connectivity index (χ1v) is 11.6. The number of primary amides is 1. The summed E-state index contributed by atoms with van der Waals surface area (Å²) < 4.78 is 5.61. The first kappa shape index (κ1) is 23.1. The van der Waals surface area contributed by atoms with Crippen molar-refractivity contribution in [2.45, 2.75) is 6.42 Å². The Kier molecular flexibility index (Phi) is 6.36. The van der Waals surface area contributed by atoms with Gasteiger partial charge in [-0.2, -0.15) is 0 Å². The van der Waals surface area contributed by atoms with E-state index in [0.29, 0.717) is 43.0 Å². The number of hydrogen-bond donors (Lipinski definition) is 2. The third-order valence-electron chi connectivity index (χ3n) is 6.21. The summed E-state index contributed by atoms with van der Waals surface area (Å²) in [6, 6.07) is 19.8. The molecule has 3 N–H and O–H groups in total. The molecule has 3 heterocycles. The van der Waals surface area contributed by atoms with Crippen molar-refractivity contribution in [3.05, 3.63) is 89.8 Å². The predicted molar refractivity (Wildman–Crippen MR) is 136 cm³/mol. The van der Waals surface area contributed by atoms with E-state index in [9.17, 15) is 14.4 Å². The lowest BCUT2D eigenvalue weighted by Gasteiger charge is -2.35. The Balaban J connectivity index is 1.13. The molecule has 9 nitrogen and oxygen atoms in total. The molecule has 3 amide bonds. The summed E-state index contributed by atoms with van der Waals surface area (Å²) in [5, 5.41) is 3.70. The molecule has 5 rings (SSSR count). The highest BCUT2D eigenvalue weighted by Gasteiger charge is 2.22. The molecule has 2 aromatic heterocycles. The summed E-state index contributed by atoms with van der Waals surface area (Å²) in [5.41, 5.74) is 7.79. The van der Waals surface area contributed by atoms with Crippen LogP contribution in [0.1, 0.15) is 26.5 Å². The number of furan rings is 1. The molecule has 9 heteroatoms. The van der Waals surface area contributed by atoms with Gasteiger partial charge in [0.1, 0.15) is 11.4 Å². The zero-order chi connectivity index (χ0) is 25.1. The Hall–Kier alpha value is -4.66. The molecule has 4 aromatic rings. The van der Waals surface area contributed by atoms with Gasteiger partial charge in [0, 0.05) is 43.4 Å².